The van der Waals surface area contributed by atoms with Crippen LogP contribution in [0.2, 0.25) is 0 Å². The summed E-state index contributed by atoms with van der Waals surface area (Å²) in [4.78, 5) is 13.9. The highest BCUT2D eigenvalue weighted by Gasteiger charge is 2.27. The van der Waals surface area contributed by atoms with Crippen LogP contribution in [0.1, 0.15) is 27.2 Å². The summed E-state index contributed by atoms with van der Waals surface area (Å²) in [5.74, 6) is 0.625. The maximum Gasteiger partial charge on any atom is 0.237 e. The second kappa shape index (κ2) is 5.47. The number of hydrogen-bond acceptors (Lipinski definition) is 3. The van der Waals surface area contributed by atoms with Gasteiger partial charge in [-0.1, -0.05) is 13.8 Å². The molecule has 1 heterocycles. The molecule has 4 heteroatoms. The van der Waals surface area contributed by atoms with Crippen molar-refractivity contribution in [3.63, 3.8) is 0 Å². The van der Waals surface area contributed by atoms with Crippen molar-refractivity contribution in [2.45, 2.75) is 39.3 Å². The van der Waals surface area contributed by atoms with Crippen LogP contribution >= 0.6 is 0 Å². The average Bonchev–Trinajstić information content (AvgIpc) is 2.60. The third-order valence-electron chi connectivity index (χ3n) is 2.87. The SMILES string of the molecule is CC(C)CNC(=O)C(C)N1CC[C@@H](N)C1. The largest absolute Gasteiger partial charge is 0.354 e. The highest BCUT2D eigenvalue weighted by atomic mass is 16.2. The molecule has 1 saturated heterocycles. The molecule has 15 heavy (non-hydrogen) atoms. The predicted molar refractivity (Wildman–Crippen MR) is 61.5 cm³/mol. The van der Waals surface area contributed by atoms with Crippen molar-refractivity contribution < 1.29 is 4.79 Å². The number of hydrogen-bond donors (Lipinski definition) is 2. The van der Waals surface area contributed by atoms with Gasteiger partial charge in [-0.25, -0.2) is 0 Å². The van der Waals surface area contributed by atoms with Crippen LogP contribution < -0.4 is 11.1 Å². The number of nitrogens with zero attached hydrogens (tertiary/aromatic N) is 1. The first-order chi connectivity index (χ1) is 7.00. The molecule has 0 aromatic rings. The van der Waals surface area contributed by atoms with Crippen molar-refractivity contribution >= 4 is 5.91 Å². The lowest BCUT2D eigenvalue weighted by Crippen LogP contribution is -2.45. The molecule has 0 radical (unpaired) electrons. The van der Waals surface area contributed by atoms with E-state index in [4.69, 9.17) is 5.73 Å². The van der Waals surface area contributed by atoms with E-state index in [1.165, 1.54) is 0 Å². The van der Waals surface area contributed by atoms with Gasteiger partial charge >= 0.3 is 0 Å². The van der Waals surface area contributed by atoms with Crippen LogP contribution in [0.25, 0.3) is 0 Å². The van der Waals surface area contributed by atoms with E-state index in [0.717, 1.165) is 26.1 Å². The Kier molecular flexibility index (Phi) is 4.54. The second-order valence-electron chi connectivity index (χ2n) is 4.86. The maximum absolute atomic E-state index is 11.7. The van der Waals surface area contributed by atoms with Crippen molar-refractivity contribution in [3.8, 4) is 0 Å². The molecule has 1 amide bonds. The van der Waals surface area contributed by atoms with Gasteiger partial charge in [0, 0.05) is 25.7 Å². The second-order valence-corrected chi connectivity index (χ2v) is 4.86. The fraction of sp³-hybridized carbons (Fsp3) is 0.909. The molecule has 4 nitrogen and oxygen atoms in total. The van der Waals surface area contributed by atoms with Crippen LogP contribution in [0.15, 0.2) is 0 Å². The summed E-state index contributed by atoms with van der Waals surface area (Å²) in [5, 5.41) is 2.95. The Hall–Kier alpha value is -0.610. The van der Waals surface area contributed by atoms with Crippen LogP contribution in [-0.2, 0) is 4.79 Å². The zero-order valence-electron chi connectivity index (χ0n) is 9.99. The predicted octanol–water partition coefficient (Wildman–Crippen LogP) is 0.180. The number of carbonyl (C=O) groups excluding carboxylic acids is 1. The van der Waals surface area contributed by atoms with Gasteiger partial charge in [-0.15, -0.1) is 0 Å². The normalized spacial score (nSPS) is 24.5. The molecule has 1 rings (SSSR count). The molecule has 0 aliphatic carbocycles. The minimum Gasteiger partial charge on any atom is -0.354 e. The smallest absolute Gasteiger partial charge is 0.237 e. The molecule has 3 N–H and O–H groups in total. The Labute approximate surface area is 92.2 Å². The van der Waals surface area contributed by atoms with E-state index in [1.54, 1.807) is 0 Å². The summed E-state index contributed by atoms with van der Waals surface area (Å²) in [5.41, 5.74) is 5.81. The van der Waals surface area contributed by atoms with Gasteiger partial charge in [-0.05, 0) is 19.3 Å². The fourth-order valence-corrected chi connectivity index (χ4v) is 1.79. The summed E-state index contributed by atoms with van der Waals surface area (Å²) in [7, 11) is 0. The van der Waals surface area contributed by atoms with Gasteiger partial charge in [0.2, 0.25) is 5.91 Å². The van der Waals surface area contributed by atoms with E-state index in [-0.39, 0.29) is 18.0 Å². The van der Waals surface area contributed by atoms with Crippen molar-refractivity contribution in [1.82, 2.24) is 10.2 Å². The molecule has 88 valence electrons. The third kappa shape index (κ3) is 3.80. The van der Waals surface area contributed by atoms with Gasteiger partial charge in [0.05, 0.1) is 6.04 Å². The summed E-state index contributed by atoms with van der Waals surface area (Å²) >= 11 is 0. The minimum atomic E-state index is -0.0442. The van der Waals surface area contributed by atoms with E-state index in [1.807, 2.05) is 6.92 Å². The molecule has 1 fully saturated rings. The third-order valence-corrected chi connectivity index (χ3v) is 2.87. The van der Waals surface area contributed by atoms with E-state index >= 15 is 0 Å². The topological polar surface area (TPSA) is 58.4 Å². The van der Waals surface area contributed by atoms with Gasteiger partial charge in [0.1, 0.15) is 0 Å². The number of amides is 1. The molecule has 0 aromatic carbocycles. The number of likely N-dealkylation sites (tertiary alicyclic amines) is 1. The van der Waals surface area contributed by atoms with E-state index < -0.39 is 0 Å². The summed E-state index contributed by atoms with van der Waals surface area (Å²) in [6, 6.07) is 0.197. The fourth-order valence-electron chi connectivity index (χ4n) is 1.79. The summed E-state index contributed by atoms with van der Waals surface area (Å²) in [6.45, 7) is 8.68. The van der Waals surface area contributed by atoms with Gasteiger partial charge < -0.3 is 11.1 Å². The molecule has 0 aromatic heterocycles. The summed E-state index contributed by atoms with van der Waals surface area (Å²) < 4.78 is 0. The van der Waals surface area contributed by atoms with E-state index in [2.05, 4.69) is 24.1 Å². The Morgan fingerprint density at radius 1 is 1.53 bits per heavy atom. The van der Waals surface area contributed by atoms with Crippen LogP contribution in [0, 0.1) is 5.92 Å². The zero-order valence-corrected chi connectivity index (χ0v) is 9.99. The van der Waals surface area contributed by atoms with Crippen LogP contribution in [0.5, 0.6) is 0 Å². The quantitative estimate of drug-likeness (QED) is 0.700. The first-order valence-electron chi connectivity index (χ1n) is 5.78. The zero-order chi connectivity index (χ0) is 11.4. The number of nitrogens with one attached hydrogen (secondary N) is 1. The van der Waals surface area contributed by atoms with Crippen LogP contribution in [0.4, 0.5) is 0 Å². The Morgan fingerprint density at radius 2 is 2.20 bits per heavy atom. The molecule has 0 spiro atoms. The molecule has 2 atom stereocenters. The van der Waals surface area contributed by atoms with Crippen molar-refractivity contribution in [3.05, 3.63) is 0 Å². The highest BCUT2D eigenvalue weighted by Crippen LogP contribution is 2.10. The lowest BCUT2D eigenvalue weighted by Gasteiger charge is -2.23. The van der Waals surface area contributed by atoms with Gasteiger partial charge in [-0.3, -0.25) is 9.69 Å². The minimum absolute atomic E-state index is 0.0442. The Bertz CT molecular complexity index is 218. The molecule has 1 unspecified atom stereocenters. The average molecular weight is 213 g/mol. The lowest BCUT2D eigenvalue weighted by atomic mass is 10.2. The Balaban J connectivity index is 2.32. The Morgan fingerprint density at radius 3 is 2.67 bits per heavy atom. The van der Waals surface area contributed by atoms with E-state index in [9.17, 15) is 4.79 Å². The van der Waals surface area contributed by atoms with Crippen LogP contribution in [0.3, 0.4) is 0 Å². The standard InChI is InChI=1S/C11H23N3O/c1-8(2)6-13-11(15)9(3)14-5-4-10(12)7-14/h8-10H,4-7,12H2,1-3H3,(H,13,15)/t9?,10-/m1/s1. The molecule has 1 aliphatic heterocycles. The van der Waals surface area contributed by atoms with Crippen molar-refractivity contribution in [2.24, 2.45) is 11.7 Å². The van der Waals surface area contributed by atoms with Crippen molar-refractivity contribution in [1.29, 1.82) is 0 Å². The van der Waals surface area contributed by atoms with Crippen molar-refractivity contribution in [2.75, 3.05) is 19.6 Å². The van der Waals surface area contributed by atoms with E-state index in [0.29, 0.717) is 5.92 Å². The van der Waals surface area contributed by atoms with Gasteiger partial charge in [0.25, 0.3) is 0 Å². The van der Waals surface area contributed by atoms with Crippen LogP contribution in [-0.4, -0.2) is 42.5 Å². The lowest BCUT2D eigenvalue weighted by molar-refractivity contribution is -0.125. The number of nitrogens with two attached hydrogens (primary N) is 1. The number of rotatable bonds is 4. The molecule has 0 saturated carbocycles. The first kappa shape index (κ1) is 12.5. The summed E-state index contributed by atoms with van der Waals surface area (Å²) in [6.07, 6.45) is 1.00. The highest BCUT2D eigenvalue weighted by molar-refractivity contribution is 5.81. The van der Waals surface area contributed by atoms with Gasteiger partial charge in [-0.2, -0.15) is 0 Å². The molecular weight excluding hydrogens is 190 g/mol. The number of carbonyl (C=O) groups is 1. The molecular formula is C11H23N3O. The van der Waals surface area contributed by atoms with Gasteiger partial charge in [0.15, 0.2) is 0 Å². The monoisotopic (exact) mass is 213 g/mol. The molecule has 0 bridgehead atoms. The maximum atomic E-state index is 11.7. The molecule has 1 aliphatic rings. The first-order valence-corrected chi connectivity index (χ1v) is 5.78.